The summed E-state index contributed by atoms with van der Waals surface area (Å²) in [6, 6.07) is 8.29. The first-order valence-electron chi connectivity index (χ1n) is 14.0. The Kier molecular flexibility index (Phi) is 10.2. The van der Waals surface area contributed by atoms with Crippen molar-refractivity contribution in [3.05, 3.63) is 65.4 Å². The number of likely N-dealkylation sites (tertiary alicyclic amines) is 1. The second-order valence-electron chi connectivity index (χ2n) is 11.4. The molecule has 0 bridgehead atoms. The van der Waals surface area contributed by atoms with Gasteiger partial charge in [0.2, 0.25) is 0 Å². The first kappa shape index (κ1) is 31.5. The maximum absolute atomic E-state index is 13.3. The predicted octanol–water partition coefficient (Wildman–Crippen LogP) is 5.70. The lowest BCUT2D eigenvalue weighted by Crippen LogP contribution is -2.45. The Morgan fingerprint density at radius 3 is 2.50 bits per heavy atom. The Balaban J connectivity index is 1.40. The average molecular weight is 591 g/mol. The molecule has 1 aromatic heterocycles. The smallest absolute Gasteiger partial charge is 0.416 e. The molecule has 9 nitrogen and oxygen atoms in total. The highest BCUT2D eigenvalue weighted by Crippen LogP contribution is 2.30. The van der Waals surface area contributed by atoms with E-state index in [0.717, 1.165) is 37.0 Å². The van der Waals surface area contributed by atoms with Crippen LogP contribution in [0.3, 0.4) is 0 Å². The van der Waals surface area contributed by atoms with Crippen molar-refractivity contribution in [2.75, 3.05) is 24.6 Å². The summed E-state index contributed by atoms with van der Waals surface area (Å²) in [5.74, 6) is -0.0484. The maximum atomic E-state index is 13.3. The number of benzene rings is 1. The van der Waals surface area contributed by atoms with E-state index < -0.39 is 35.6 Å². The number of anilines is 1. The lowest BCUT2D eigenvalue weighted by molar-refractivity contribution is -0.198. The van der Waals surface area contributed by atoms with Gasteiger partial charge in [0, 0.05) is 44.9 Å². The van der Waals surface area contributed by atoms with Crippen molar-refractivity contribution in [2.24, 2.45) is 0 Å². The maximum Gasteiger partial charge on any atom is 0.416 e. The van der Waals surface area contributed by atoms with Crippen LogP contribution < -0.4 is 10.4 Å². The monoisotopic (exact) mass is 590 g/mol. The number of carbonyl (C=O) groups is 2. The number of rotatable bonds is 8. The van der Waals surface area contributed by atoms with Gasteiger partial charge in [-0.2, -0.15) is 13.2 Å². The van der Waals surface area contributed by atoms with E-state index in [9.17, 15) is 22.8 Å². The Labute approximate surface area is 243 Å². The van der Waals surface area contributed by atoms with Gasteiger partial charge in [0.1, 0.15) is 11.4 Å². The number of carbonyl (C=O) groups excluding carboxylic acids is 2. The van der Waals surface area contributed by atoms with Crippen LogP contribution in [0.25, 0.3) is 6.08 Å². The molecule has 1 N–H and O–H groups in total. The number of halogens is 3. The van der Waals surface area contributed by atoms with Gasteiger partial charge in [0.25, 0.3) is 5.91 Å². The molecule has 2 aliphatic rings. The second-order valence-corrected chi connectivity index (χ2v) is 11.4. The molecule has 1 aromatic carbocycles. The minimum absolute atomic E-state index is 0.256. The molecule has 2 fully saturated rings. The number of hydrogen-bond acceptors (Lipinski definition) is 7. The van der Waals surface area contributed by atoms with Gasteiger partial charge in [-0.15, -0.1) is 0 Å². The molecular formula is C30H37F3N4O5. The van der Waals surface area contributed by atoms with E-state index in [1.165, 1.54) is 23.1 Å². The fourth-order valence-corrected chi connectivity index (χ4v) is 4.74. The molecule has 0 radical (unpaired) electrons. The standard InChI is InChI=1S/C30H37F3N4O5/c1-29(2,3)41-28(39)37(24-15-16-36(20-24)19-22-7-11-23(12-8-22)30(31,32)33)25-13-9-21(18-34-25)10-14-26(38)35-42-27-6-4-5-17-40-27/h7-14,18,24,27H,4-6,15-17,19-20H2,1-3H3,(H,35,38)/t24-,27?/m1/s1. The molecule has 2 saturated heterocycles. The zero-order chi connectivity index (χ0) is 30.3. The van der Waals surface area contributed by atoms with Crippen LogP contribution in [0.4, 0.5) is 23.8 Å². The fraction of sp³-hybridized carbons (Fsp3) is 0.500. The van der Waals surface area contributed by atoms with Crippen LogP contribution in [0.5, 0.6) is 0 Å². The molecule has 1 unspecified atom stereocenters. The van der Waals surface area contributed by atoms with Crippen molar-refractivity contribution >= 4 is 23.9 Å². The summed E-state index contributed by atoms with van der Waals surface area (Å²) in [7, 11) is 0. The molecule has 2 atom stereocenters. The molecule has 0 saturated carbocycles. The van der Waals surface area contributed by atoms with Crippen molar-refractivity contribution < 1.29 is 37.1 Å². The molecule has 4 rings (SSSR count). The number of amides is 2. The molecule has 2 amide bonds. The topological polar surface area (TPSA) is 93.2 Å². The highest BCUT2D eigenvalue weighted by molar-refractivity contribution is 5.91. The highest BCUT2D eigenvalue weighted by atomic mass is 19.4. The lowest BCUT2D eigenvalue weighted by Gasteiger charge is -2.31. The van der Waals surface area contributed by atoms with Crippen LogP contribution >= 0.6 is 0 Å². The van der Waals surface area contributed by atoms with Gasteiger partial charge in [-0.1, -0.05) is 12.1 Å². The number of aromatic nitrogens is 1. The summed E-state index contributed by atoms with van der Waals surface area (Å²) in [5, 5.41) is 0. The number of hydrogen-bond donors (Lipinski definition) is 1. The molecule has 12 heteroatoms. The largest absolute Gasteiger partial charge is 0.443 e. The van der Waals surface area contributed by atoms with Crippen molar-refractivity contribution in [1.29, 1.82) is 0 Å². The molecule has 42 heavy (non-hydrogen) atoms. The van der Waals surface area contributed by atoms with Gasteiger partial charge in [0.15, 0.2) is 6.29 Å². The molecule has 228 valence electrons. The van der Waals surface area contributed by atoms with Crippen LogP contribution in [0, 0.1) is 0 Å². The predicted molar refractivity (Wildman–Crippen MR) is 150 cm³/mol. The van der Waals surface area contributed by atoms with Crippen LogP contribution in [0.1, 0.15) is 63.1 Å². The summed E-state index contributed by atoms with van der Waals surface area (Å²) < 4.78 is 49.9. The number of pyridine rings is 1. The van der Waals surface area contributed by atoms with Crippen LogP contribution in [0.15, 0.2) is 48.7 Å². The first-order chi connectivity index (χ1) is 19.9. The minimum atomic E-state index is -4.38. The van der Waals surface area contributed by atoms with E-state index in [2.05, 4.69) is 15.4 Å². The molecule has 3 heterocycles. The van der Waals surface area contributed by atoms with Crippen molar-refractivity contribution in [2.45, 2.75) is 77.1 Å². The third-order valence-electron chi connectivity index (χ3n) is 6.76. The van der Waals surface area contributed by atoms with E-state index in [1.54, 1.807) is 45.2 Å². The number of alkyl halides is 3. The van der Waals surface area contributed by atoms with Crippen molar-refractivity contribution in [1.82, 2.24) is 15.4 Å². The van der Waals surface area contributed by atoms with Gasteiger partial charge in [0.05, 0.1) is 11.6 Å². The Hall–Kier alpha value is -3.48. The Bertz CT molecular complexity index is 1220. The summed E-state index contributed by atoms with van der Waals surface area (Å²) in [6.45, 7) is 7.55. The van der Waals surface area contributed by atoms with Gasteiger partial charge in [-0.25, -0.2) is 20.1 Å². The van der Waals surface area contributed by atoms with Gasteiger partial charge >= 0.3 is 12.3 Å². The van der Waals surface area contributed by atoms with Gasteiger partial charge < -0.3 is 9.47 Å². The fourth-order valence-electron chi connectivity index (χ4n) is 4.74. The third kappa shape index (κ3) is 9.27. The first-order valence-corrected chi connectivity index (χ1v) is 14.0. The number of hydroxylamine groups is 1. The zero-order valence-corrected chi connectivity index (χ0v) is 24.0. The van der Waals surface area contributed by atoms with E-state index >= 15 is 0 Å². The molecule has 2 aliphatic heterocycles. The zero-order valence-electron chi connectivity index (χ0n) is 24.0. The summed E-state index contributed by atoms with van der Waals surface area (Å²) >= 11 is 0. The van der Waals surface area contributed by atoms with Gasteiger partial charge in [-0.3, -0.25) is 14.6 Å². The number of nitrogens with zero attached hydrogens (tertiary/aromatic N) is 3. The SMILES string of the molecule is CC(C)(C)OC(=O)N(c1ccc(C=CC(=O)NOC2CCCCO2)cn1)[C@@H]1CCN(Cc2ccc(C(F)(F)F)cc2)C1. The van der Waals surface area contributed by atoms with E-state index in [-0.39, 0.29) is 6.04 Å². The van der Waals surface area contributed by atoms with Crippen LogP contribution in [-0.2, 0) is 31.8 Å². The number of ether oxygens (including phenoxy) is 2. The molecule has 0 spiro atoms. The van der Waals surface area contributed by atoms with E-state index in [1.807, 2.05) is 0 Å². The van der Waals surface area contributed by atoms with E-state index in [4.69, 9.17) is 14.3 Å². The summed E-state index contributed by atoms with van der Waals surface area (Å²) in [6.07, 6.45) is 2.39. The lowest BCUT2D eigenvalue weighted by atomic mass is 10.1. The van der Waals surface area contributed by atoms with Crippen molar-refractivity contribution in [3.8, 4) is 0 Å². The minimum Gasteiger partial charge on any atom is -0.443 e. The molecule has 0 aliphatic carbocycles. The van der Waals surface area contributed by atoms with Crippen LogP contribution in [-0.4, -0.2) is 59.5 Å². The van der Waals surface area contributed by atoms with Crippen LogP contribution in [0.2, 0.25) is 0 Å². The average Bonchev–Trinajstić information content (AvgIpc) is 3.38. The Morgan fingerprint density at radius 1 is 1.12 bits per heavy atom. The molecular weight excluding hydrogens is 553 g/mol. The van der Waals surface area contributed by atoms with Crippen molar-refractivity contribution in [3.63, 3.8) is 0 Å². The van der Waals surface area contributed by atoms with Gasteiger partial charge in [-0.05, 0) is 81.5 Å². The summed E-state index contributed by atoms with van der Waals surface area (Å²) in [5.41, 5.74) is 2.34. The van der Waals surface area contributed by atoms with E-state index in [0.29, 0.717) is 44.0 Å². The highest BCUT2D eigenvalue weighted by Gasteiger charge is 2.35. The molecule has 2 aromatic rings. The second kappa shape index (κ2) is 13.7. The summed E-state index contributed by atoms with van der Waals surface area (Å²) in [4.78, 5) is 38.8. The Morgan fingerprint density at radius 2 is 1.88 bits per heavy atom. The normalized spacial score (nSPS) is 20.0. The third-order valence-corrected chi connectivity index (χ3v) is 6.76. The quantitative estimate of drug-likeness (QED) is 0.311. The number of nitrogens with one attached hydrogen (secondary N) is 1.